The summed E-state index contributed by atoms with van der Waals surface area (Å²) < 4.78 is 6.26. The van der Waals surface area contributed by atoms with E-state index in [1.54, 1.807) is 6.20 Å². The molecule has 0 saturated heterocycles. The first-order chi connectivity index (χ1) is 13.1. The van der Waals surface area contributed by atoms with E-state index < -0.39 is 0 Å². The van der Waals surface area contributed by atoms with E-state index >= 15 is 0 Å². The van der Waals surface area contributed by atoms with Crippen molar-refractivity contribution in [2.24, 2.45) is 0 Å². The zero-order chi connectivity index (χ0) is 18.7. The van der Waals surface area contributed by atoms with Gasteiger partial charge in [-0.3, -0.25) is 0 Å². The minimum absolute atomic E-state index is 0.202. The predicted octanol–water partition coefficient (Wildman–Crippen LogP) is 6.00. The molecule has 0 N–H and O–H groups in total. The highest BCUT2D eigenvalue weighted by Gasteiger charge is 2.37. The first kappa shape index (κ1) is 16.2. The summed E-state index contributed by atoms with van der Waals surface area (Å²) in [4.78, 5) is 9.31. The highest BCUT2D eigenvalue weighted by Crippen LogP contribution is 2.48. The first-order valence-electron chi connectivity index (χ1n) is 9.51. The van der Waals surface area contributed by atoms with Crippen LogP contribution in [0.5, 0.6) is 0 Å². The van der Waals surface area contributed by atoms with E-state index in [0.29, 0.717) is 11.8 Å². The summed E-state index contributed by atoms with van der Waals surface area (Å²) in [6.07, 6.45) is 1.98. The Morgan fingerprint density at radius 3 is 2.52 bits per heavy atom. The maximum Gasteiger partial charge on any atom is 0.227 e. The largest absolute Gasteiger partial charge is 0.435 e. The zero-order valence-corrected chi connectivity index (χ0v) is 16.1. The van der Waals surface area contributed by atoms with Gasteiger partial charge in [0.05, 0.1) is 17.1 Å². The van der Waals surface area contributed by atoms with Gasteiger partial charge in [0.15, 0.2) is 5.58 Å². The predicted molar refractivity (Wildman–Crippen MR) is 112 cm³/mol. The number of para-hydroxylation sites is 2. The van der Waals surface area contributed by atoms with E-state index in [-0.39, 0.29) is 6.17 Å². The molecule has 27 heavy (non-hydrogen) atoms. The quantitative estimate of drug-likeness (QED) is 0.440. The SMILES string of the molecule is Cc1ccc2c(oc3ncccc32)c1N1c2ccccc2N(C(C)C)[C@@H]1C. The van der Waals surface area contributed by atoms with Crippen LogP contribution < -0.4 is 9.80 Å². The molecular weight excluding hydrogens is 334 g/mol. The average Bonchev–Trinajstić information content (AvgIpc) is 3.17. The Bertz CT molecular complexity index is 1160. The van der Waals surface area contributed by atoms with Crippen LogP contribution in [0.4, 0.5) is 17.1 Å². The molecule has 0 spiro atoms. The fourth-order valence-electron chi connectivity index (χ4n) is 4.49. The summed E-state index contributed by atoms with van der Waals surface area (Å²) in [6, 6.07) is 17.4. The lowest BCUT2D eigenvalue weighted by molar-refractivity contribution is 0.602. The van der Waals surface area contributed by atoms with E-state index in [0.717, 1.165) is 22.0 Å². The van der Waals surface area contributed by atoms with Gasteiger partial charge in [0, 0.05) is 23.0 Å². The van der Waals surface area contributed by atoms with Crippen LogP contribution in [0, 0.1) is 6.92 Å². The number of aromatic nitrogens is 1. The number of fused-ring (bicyclic) bond motifs is 4. The summed E-state index contributed by atoms with van der Waals surface area (Å²) in [7, 11) is 0. The third-order valence-electron chi connectivity index (χ3n) is 5.59. The molecule has 2 aromatic heterocycles. The second kappa shape index (κ2) is 5.74. The number of aryl methyl sites for hydroxylation is 1. The minimum Gasteiger partial charge on any atom is -0.435 e. The van der Waals surface area contributed by atoms with E-state index in [1.165, 1.54) is 16.9 Å². The van der Waals surface area contributed by atoms with Crippen molar-refractivity contribution in [2.45, 2.75) is 39.9 Å². The van der Waals surface area contributed by atoms with Crippen LogP contribution in [0.3, 0.4) is 0 Å². The number of hydrogen-bond donors (Lipinski definition) is 0. The molecule has 2 aromatic carbocycles. The molecule has 0 fully saturated rings. The van der Waals surface area contributed by atoms with Gasteiger partial charge in [-0.1, -0.05) is 24.3 Å². The summed E-state index contributed by atoms with van der Waals surface area (Å²) in [5, 5.41) is 2.18. The van der Waals surface area contributed by atoms with Crippen LogP contribution in [-0.4, -0.2) is 17.2 Å². The Labute approximate surface area is 159 Å². The molecule has 1 aliphatic heterocycles. The minimum atomic E-state index is 0.202. The summed E-state index contributed by atoms with van der Waals surface area (Å²) >= 11 is 0. The van der Waals surface area contributed by atoms with Crippen LogP contribution in [0.1, 0.15) is 26.3 Å². The maximum atomic E-state index is 6.26. The van der Waals surface area contributed by atoms with Gasteiger partial charge in [0.1, 0.15) is 6.17 Å². The Morgan fingerprint density at radius 1 is 0.963 bits per heavy atom. The fraction of sp³-hybridized carbons (Fsp3) is 0.261. The monoisotopic (exact) mass is 357 g/mol. The summed E-state index contributed by atoms with van der Waals surface area (Å²) in [5.41, 5.74) is 6.44. The molecule has 4 aromatic rings. The first-order valence-corrected chi connectivity index (χ1v) is 9.51. The van der Waals surface area contributed by atoms with Crippen LogP contribution in [-0.2, 0) is 0 Å². The second-order valence-electron chi connectivity index (χ2n) is 7.56. The summed E-state index contributed by atoms with van der Waals surface area (Å²) in [6.45, 7) is 8.91. The maximum absolute atomic E-state index is 6.26. The molecule has 136 valence electrons. The van der Waals surface area contributed by atoms with Crippen LogP contribution in [0.2, 0.25) is 0 Å². The standard InChI is InChI=1S/C23H23N3O/c1-14(2)25-16(4)26(20-10-6-5-9-19(20)25)21-15(3)11-12-17-18-8-7-13-24-23(18)27-22(17)21/h5-14,16H,1-4H3/t16-/m0/s1. The number of nitrogens with zero attached hydrogens (tertiary/aromatic N) is 3. The van der Waals surface area contributed by atoms with Crippen molar-refractivity contribution in [2.75, 3.05) is 9.80 Å². The molecule has 3 heterocycles. The highest BCUT2D eigenvalue weighted by molar-refractivity contribution is 6.09. The Hall–Kier alpha value is -3.01. The second-order valence-corrected chi connectivity index (χ2v) is 7.56. The van der Waals surface area contributed by atoms with Crippen molar-refractivity contribution in [3.63, 3.8) is 0 Å². The molecular formula is C23H23N3O. The molecule has 0 aliphatic carbocycles. The van der Waals surface area contributed by atoms with Gasteiger partial charge in [-0.15, -0.1) is 0 Å². The third-order valence-corrected chi connectivity index (χ3v) is 5.59. The van der Waals surface area contributed by atoms with E-state index in [4.69, 9.17) is 4.42 Å². The number of benzene rings is 2. The number of pyridine rings is 1. The van der Waals surface area contributed by atoms with Crippen LogP contribution in [0.25, 0.3) is 22.1 Å². The third kappa shape index (κ3) is 2.19. The van der Waals surface area contributed by atoms with Gasteiger partial charge < -0.3 is 14.2 Å². The van der Waals surface area contributed by atoms with Crippen molar-refractivity contribution in [3.8, 4) is 0 Å². The van der Waals surface area contributed by atoms with Crippen molar-refractivity contribution in [1.82, 2.24) is 4.98 Å². The van der Waals surface area contributed by atoms with Gasteiger partial charge in [-0.25, -0.2) is 4.98 Å². The molecule has 5 rings (SSSR count). The molecule has 0 amide bonds. The number of rotatable bonds is 2. The molecule has 1 atom stereocenters. The van der Waals surface area contributed by atoms with Crippen molar-refractivity contribution in [1.29, 1.82) is 0 Å². The zero-order valence-electron chi connectivity index (χ0n) is 16.1. The average molecular weight is 357 g/mol. The number of furan rings is 1. The molecule has 0 unspecified atom stereocenters. The van der Waals surface area contributed by atoms with Crippen molar-refractivity contribution >= 4 is 39.1 Å². The molecule has 4 nitrogen and oxygen atoms in total. The van der Waals surface area contributed by atoms with Gasteiger partial charge in [0.25, 0.3) is 0 Å². The molecule has 0 radical (unpaired) electrons. The van der Waals surface area contributed by atoms with Gasteiger partial charge in [-0.05, 0) is 57.5 Å². The number of hydrogen-bond acceptors (Lipinski definition) is 4. The fourth-order valence-corrected chi connectivity index (χ4v) is 4.49. The normalized spacial score (nSPS) is 16.7. The molecule has 1 aliphatic rings. The Balaban J connectivity index is 1.82. The lowest BCUT2D eigenvalue weighted by Gasteiger charge is -2.33. The van der Waals surface area contributed by atoms with Crippen molar-refractivity contribution in [3.05, 3.63) is 60.3 Å². The van der Waals surface area contributed by atoms with Gasteiger partial charge in [0.2, 0.25) is 5.71 Å². The topological polar surface area (TPSA) is 32.5 Å². The number of anilines is 3. The van der Waals surface area contributed by atoms with Gasteiger partial charge >= 0.3 is 0 Å². The summed E-state index contributed by atoms with van der Waals surface area (Å²) in [5.74, 6) is 0. The molecule has 0 bridgehead atoms. The molecule has 4 heteroatoms. The highest BCUT2D eigenvalue weighted by atomic mass is 16.3. The smallest absolute Gasteiger partial charge is 0.227 e. The molecule has 0 saturated carbocycles. The van der Waals surface area contributed by atoms with Crippen molar-refractivity contribution < 1.29 is 4.42 Å². The van der Waals surface area contributed by atoms with Crippen LogP contribution in [0.15, 0.2) is 59.1 Å². The van der Waals surface area contributed by atoms with E-state index in [1.807, 2.05) is 6.07 Å². The van der Waals surface area contributed by atoms with Gasteiger partial charge in [-0.2, -0.15) is 0 Å². The lowest BCUT2D eigenvalue weighted by Crippen LogP contribution is -2.42. The van der Waals surface area contributed by atoms with E-state index in [9.17, 15) is 0 Å². The van der Waals surface area contributed by atoms with E-state index in [2.05, 4.69) is 84.9 Å². The lowest BCUT2D eigenvalue weighted by atomic mass is 10.1. The Morgan fingerprint density at radius 2 is 1.74 bits per heavy atom. The Kier molecular flexibility index (Phi) is 3.44. The van der Waals surface area contributed by atoms with Crippen LogP contribution >= 0.6 is 0 Å².